The minimum Gasteiger partial charge on any atom is -0.459 e. The van der Waals surface area contributed by atoms with Crippen LogP contribution in [-0.2, 0) is 4.79 Å². The van der Waals surface area contributed by atoms with E-state index in [-0.39, 0.29) is 17.6 Å². The van der Waals surface area contributed by atoms with Crippen molar-refractivity contribution in [1.29, 1.82) is 0 Å². The summed E-state index contributed by atoms with van der Waals surface area (Å²) in [5, 5.41) is 1.87. The summed E-state index contributed by atoms with van der Waals surface area (Å²) in [6.45, 7) is 0. The van der Waals surface area contributed by atoms with Crippen LogP contribution >= 0.6 is 0 Å². The molecule has 2 N–H and O–H groups in total. The second-order valence-electron chi connectivity index (χ2n) is 7.49. The van der Waals surface area contributed by atoms with Gasteiger partial charge in [-0.15, -0.1) is 0 Å². The first-order valence-corrected chi connectivity index (χ1v) is 9.80. The molecular weight excluding hydrogens is 399 g/mol. The zero-order valence-corrected chi connectivity index (χ0v) is 16.0. The Kier molecular flexibility index (Phi) is 5.13. The fourth-order valence-electron chi connectivity index (χ4n) is 4.06. The SMILES string of the molecule is O=C(N[C@@]1(C(F)(F)F)[NH+]=C(c2ccccc2)N(C2CCCCC2)C1=O)c1ccco1. The van der Waals surface area contributed by atoms with Crippen LogP contribution in [0, 0.1) is 0 Å². The molecule has 0 unspecified atom stereocenters. The van der Waals surface area contributed by atoms with E-state index in [1.807, 2.05) is 5.32 Å². The Morgan fingerprint density at radius 3 is 2.40 bits per heavy atom. The number of alkyl halides is 3. The summed E-state index contributed by atoms with van der Waals surface area (Å²) < 4.78 is 47.9. The van der Waals surface area contributed by atoms with Gasteiger partial charge in [-0.2, -0.15) is 18.1 Å². The van der Waals surface area contributed by atoms with Crippen molar-refractivity contribution in [2.45, 2.75) is 50.0 Å². The summed E-state index contributed by atoms with van der Waals surface area (Å²) in [6.07, 6.45) is -0.0762. The van der Waals surface area contributed by atoms with E-state index in [0.29, 0.717) is 18.4 Å². The second kappa shape index (κ2) is 7.62. The Bertz CT molecular complexity index is 951. The summed E-state index contributed by atoms with van der Waals surface area (Å²) >= 11 is 0. The van der Waals surface area contributed by atoms with Gasteiger partial charge in [0, 0.05) is 0 Å². The molecule has 158 valence electrons. The number of nitrogens with one attached hydrogen (secondary N) is 2. The van der Waals surface area contributed by atoms with Gasteiger partial charge in [-0.1, -0.05) is 24.6 Å². The largest absolute Gasteiger partial charge is 0.465 e. The predicted octanol–water partition coefficient (Wildman–Crippen LogP) is 1.97. The normalized spacial score (nSPS) is 22.8. The van der Waals surface area contributed by atoms with Crippen LogP contribution in [-0.4, -0.2) is 40.4 Å². The standard InChI is InChI=1S/C21H20F3N3O3/c22-21(23,24)20(26-18(28)16-12-7-13-30-16)19(29)27(15-10-5-2-6-11-15)17(25-20)14-8-3-1-4-9-14/h1,3-4,7-9,12-13,15H,2,5-6,10-11H2,(H,26,28)/p+1/t20-/m0/s1. The average Bonchev–Trinajstić information content (AvgIpc) is 3.37. The summed E-state index contributed by atoms with van der Waals surface area (Å²) in [5.41, 5.74) is -2.84. The smallest absolute Gasteiger partial charge is 0.459 e. The molecule has 1 aliphatic heterocycles. The Morgan fingerprint density at radius 2 is 1.80 bits per heavy atom. The molecular formula is C21H21F3N3O3+. The summed E-state index contributed by atoms with van der Waals surface area (Å²) in [5.74, 6) is -2.63. The molecule has 1 aromatic carbocycles. The number of rotatable bonds is 4. The van der Waals surface area contributed by atoms with E-state index in [9.17, 15) is 22.8 Å². The van der Waals surface area contributed by atoms with Crippen molar-refractivity contribution < 1.29 is 32.2 Å². The molecule has 2 aromatic rings. The van der Waals surface area contributed by atoms with Crippen molar-refractivity contribution >= 4 is 17.6 Å². The van der Waals surface area contributed by atoms with Gasteiger partial charge in [0.05, 0.1) is 11.8 Å². The lowest BCUT2D eigenvalue weighted by molar-refractivity contribution is -0.580. The van der Waals surface area contributed by atoms with Crippen LogP contribution in [0.5, 0.6) is 0 Å². The quantitative estimate of drug-likeness (QED) is 0.794. The van der Waals surface area contributed by atoms with Crippen LogP contribution in [0.4, 0.5) is 13.2 Å². The van der Waals surface area contributed by atoms with Crippen molar-refractivity contribution in [3.63, 3.8) is 0 Å². The Labute approximate surface area is 170 Å². The maximum atomic E-state index is 14.3. The zero-order valence-electron chi connectivity index (χ0n) is 16.0. The van der Waals surface area contributed by atoms with E-state index in [2.05, 4.69) is 4.99 Å². The molecule has 0 bridgehead atoms. The molecule has 1 saturated carbocycles. The molecule has 0 saturated heterocycles. The highest BCUT2D eigenvalue weighted by atomic mass is 19.4. The van der Waals surface area contributed by atoms with Gasteiger partial charge in [0.2, 0.25) is 0 Å². The molecule has 6 nitrogen and oxygen atoms in total. The molecule has 1 atom stereocenters. The first-order valence-electron chi connectivity index (χ1n) is 9.80. The molecule has 30 heavy (non-hydrogen) atoms. The minimum atomic E-state index is -5.09. The van der Waals surface area contributed by atoms with Crippen LogP contribution in [0.1, 0.15) is 48.2 Å². The highest BCUT2D eigenvalue weighted by Gasteiger charge is 2.73. The number of benzene rings is 1. The maximum Gasteiger partial charge on any atom is 0.465 e. The molecule has 2 amide bonds. The topological polar surface area (TPSA) is 76.5 Å². The van der Waals surface area contributed by atoms with Gasteiger partial charge in [0.1, 0.15) is 6.04 Å². The molecule has 1 aliphatic carbocycles. The van der Waals surface area contributed by atoms with Gasteiger partial charge < -0.3 is 4.42 Å². The Morgan fingerprint density at radius 1 is 1.10 bits per heavy atom. The molecule has 4 rings (SSSR count). The van der Waals surface area contributed by atoms with Gasteiger partial charge in [-0.05, 0) is 49.9 Å². The summed E-state index contributed by atoms with van der Waals surface area (Å²) in [4.78, 5) is 29.3. The molecule has 0 spiro atoms. The molecule has 9 heteroatoms. The van der Waals surface area contributed by atoms with Crippen molar-refractivity contribution in [3.8, 4) is 0 Å². The molecule has 2 heterocycles. The zero-order chi connectivity index (χ0) is 21.4. The summed E-state index contributed by atoms with van der Waals surface area (Å²) in [7, 11) is 0. The highest BCUT2D eigenvalue weighted by Crippen LogP contribution is 2.33. The predicted molar refractivity (Wildman–Crippen MR) is 100 cm³/mol. The molecule has 0 radical (unpaired) electrons. The second-order valence-corrected chi connectivity index (χ2v) is 7.49. The van der Waals surface area contributed by atoms with Gasteiger partial charge in [-0.3, -0.25) is 10.1 Å². The van der Waals surface area contributed by atoms with E-state index in [1.165, 1.54) is 23.3 Å². The van der Waals surface area contributed by atoms with Crippen LogP contribution in [0.2, 0.25) is 0 Å². The number of carbonyl (C=O) groups is 2. The number of carbonyl (C=O) groups excluding carboxylic acids is 2. The third-order valence-corrected chi connectivity index (χ3v) is 5.54. The lowest BCUT2D eigenvalue weighted by atomic mass is 9.93. The molecule has 1 aromatic heterocycles. The Hall–Kier alpha value is -3.10. The van der Waals surface area contributed by atoms with Crippen LogP contribution < -0.4 is 10.3 Å². The van der Waals surface area contributed by atoms with Crippen molar-refractivity contribution in [3.05, 3.63) is 60.1 Å². The molecule has 2 aliphatic rings. The third kappa shape index (κ3) is 3.38. The number of amides is 2. The fraction of sp³-hybridized carbons (Fsp3) is 0.381. The lowest BCUT2D eigenvalue weighted by Crippen LogP contribution is -2.96. The monoisotopic (exact) mass is 420 g/mol. The Balaban J connectivity index is 1.81. The summed E-state index contributed by atoms with van der Waals surface area (Å²) in [6, 6.07) is 10.6. The van der Waals surface area contributed by atoms with Crippen LogP contribution in [0.15, 0.2) is 53.1 Å². The van der Waals surface area contributed by atoms with E-state index in [1.54, 1.807) is 30.3 Å². The van der Waals surface area contributed by atoms with Gasteiger partial charge in [-0.25, -0.2) is 9.79 Å². The average molecular weight is 420 g/mol. The van der Waals surface area contributed by atoms with Crippen molar-refractivity contribution in [1.82, 2.24) is 10.2 Å². The maximum absolute atomic E-state index is 14.3. The third-order valence-electron chi connectivity index (χ3n) is 5.54. The lowest BCUT2D eigenvalue weighted by Gasteiger charge is -2.28. The number of amidine groups is 1. The number of halogens is 3. The van der Waals surface area contributed by atoms with Crippen molar-refractivity contribution in [2.24, 2.45) is 0 Å². The number of furan rings is 1. The van der Waals surface area contributed by atoms with E-state index in [0.717, 1.165) is 19.3 Å². The van der Waals surface area contributed by atoms with Crippen LogP contribution in [0.3, 0.4) is 0 Å². The minimum absolute atomic E-state index is 0.0459. The fourth-order valence-corrected chi connectivity index (χ4v) is 4.06. The highest BCUT2D eigenvalue weighted by molar-refractivity contribution is 6.12. The first kappa shape index (κ1) is 20.2. The van der Waals surface area contributed by atoms with E-state index in [4.69, 9.17) is 4.42 Å². The number of hydrogen-bond acceptors (Lipinski definition) is 3. The van der Waals surface area contributed by atoms with Gasteiger partial charge in [0.25, 0.3) is 11.7 Å². The van der Waals surface area contributed by atoms with Crippen molar-refractivity contribution in [2.75, 3.05) is 0 Å². The van der Waals surface area contributed by atoms with Gasteiger partial charge in [0.15, 0.2) is 5.76 Å². The van der Waals surface area contributed by atoms with Gasteiger partial charge >= 0.3 is 17.7 Å². The first-order chi connectivity index (χ1) is 14.3. The van der Waals surface area contributed by atoms with E-state index < -0.39 is 23.7 Å². The molecule has 1 fully saturated rings. The van der Waals surface area contributed by atoms with E-state index >= 15 is 0 Å². The number of nitrogens with zero attached hydrogens (tertiary/aromatic N) is 1. The number of hydrogen-bond donors (Lipinski definition) is 2. The van der Waals surface area contributed by atoms with Crippen LogP contribution in [0.25, 0.3) is 0 Å².